The third-order valence-electron chi connectivity index (χ3n) is 1.88. The van der Waals surface area contributed by atoms with Crippen molar-refractivity contribution in [1.29, 1.82) is 0 Å². The van der Waals surface area contributed by atoms with E-state index >= 15 is 0 Å². The highest BCUT2D eigenvalue weighted by atomic mass is 32.1. The van der Waals surface area contributed by atoms with Gasteiger partial charge in [0.2, 0.25) is 0 Å². The van der Waals surface area contributed by atoms with Gasteiger partial charge in [-0.3, -0.25) is 0 Å². The van der Waals surface area contributed by atoms with Crippen molar-refractivity contribution < 1.29 is 5.11 Å². The average Bonchev–Trinajstić information content (AvgIpc) is 2.55. The molecular weight excluding hydrogens is 182 g/mol. The molecule has 0 saturated heterocycles. The van der Waals surface area contributed by atoms with Gasteiger partial charge < -0.3 is 10.4 Å². The highest BCUT2D eigenvalue weighted by molar-refractivity contribution is 7.07. The van der Waals surface area contributed by atoms with E-state index in [-0.39, 0.29) is 6.10 Å². The van der Waals surface area contributed by atoms with E-state index in [1.165, 1.54) is 5.56 Å². The van der Waals surface area contributed by atoms with Crippen LogP contribution in [-0.4, -0.2) is 17.8 Å². The van der Waals surface area contributed by atoms with Crippen LogP contribution in [-0.2, 0) is 6.54 Å². The van der Waals surface area contributed by atoms with Crippen LogP contribution in [0.25, 0.3) is 0 Å². The lowest BCUT2D eigenvalue weighted by molar-refractivity contribution is 0.181. The highest BCUT2D eigenvalue weighted by Gasteiger charge is 1.95. The lowest BCUT2D eigenvalue weighted by Gasteiger charge is -2.04. The zero-order chi connectivity index (χ0) is 9.52. The summed E-state index contributed by atoms with van der Waals surface area (Å²) in [5.74, 6) is 0. The van der Waals surface area contributed by atoms with Gasteiger partial charge in [0.25, 0.3) is 0 Å². The molecule has 1 aromatic rings. The fourth-order valence-corrected chi connectivity index (χ4v) is 1.82. The van der Waals surface area contributed by atoms with E-state index in [2.05, 4.69) is 22.1 Å². The predicted molar refractivity (Wildman–Crippen MR) is 56.9 cm³/mol. The Morgan fingerprint density at radius 2 is 2.46 bits per heavy atom. The van der Waals surface area contributed by atoms with Crippen molar-refractivity contribution in [3.05, 3.63) is 22.4 Å². The molecule has 3 heteroatoms. The fourth-order valence-electron chi connectivity index (χ4n) is 1.15. The first-order valence-corrected chi connectivity index (χ1v) is 5.63. The maximum atomic E-state index is 9.01. The molecule has 0 radical (unpaired) electrons. The van der Waals surface area contributed by atoms with Crippen LogP contribution in [0.3, 0.4) is 0 Å². The first-order valence-electron chi connectivity index (χ1n) is 4.69. The van der Waals surface area contributed by atoms with E-state index in [9.17, 15) is 0 Å². The molecule has 0 aromatic carbocycles. The zero-order valence-corrected chi connectivity index (χ0v) is 8.81. The average molecular weight is 199 g/mol. The molecule has 0 fully saturated rings. The van der Waals surface area contributed by atoms with Crippen molar-refractivity contribution in [3.63, 3.8) is 0 Å². The molecule has 1 rings (SSSR count). The summed E-state index contributed by atoms with van der Waals surface area (Å²) in [6, 6.07) is 2.13. The minimum absolute atomic E-state index is 0.164. The quantitative estimate of drug-likeness (QED) is 0.687. The number of hydrogen-bond donors (Lipinski definition) is 2. The molecule has 1 unspecified atom stereocenters. The van der Waals surface area contributed by atoms with E-state index in [0.29, 0.717) is 0 Å². The van der Waals surface area contributed by atoms with E-state index in [4.69, 9.17) is 5.11 Å². The Labute approximate surface area is 83.6 Å². The molecule has 74 valence electrons. The second kappa shape index (κ2) is 6.13. The number of nitrogens with one attached hydrogen (secondary N) is 1. The first-order chi connectivity index (χ1) is 6.29. The Morgan fingerprint density at radius 3 is 3.08 bits per heavy atom. The minimum Gasteiger partial charge on any atom is -0.393 e. The molecule has 0 saturated carbocycles. The van der Waals surface area contributed by atoms with Crippen LogP contribution in [0.15, 0.2) is 16.8 Å². The molecule has 2 N–H and O–H groups in total. The molecule has 0 aliphatic rings. The Balaban J connectivity index is 1.96. The fraction of sp³-hybridized carbons (Fsp3) is 0.600. The van der Waals surface area contributed by atoms with Gasteiger partial charge in [0.05, 0.1) is 6.10 Å². The van der Waals surface area contributed by atoms with Crippen LogP contribution >= 0.6 is 11.3 Å². The molecule has 1 heterocycles. The highest BCUT2D eigenvalue weighted by Crippen LogP contribution is 2.04. The SMILES string of the molecule is CC(O)CCCNCc1ccsc1. The standard InChI is InChI=1S/C10H17NOS/c1-9(12)3-2-5-11-7-10-4-6-13-8-10/h4,6,8-9,11-12H,2-3,5,7H2,1H3. The van der Waals surface area contributed by atoms with E-state index in [1.807, 2.05) is 6.92 Å². The number of rotatable bonds is 6. The van der Waals surface area contributed by atoms with Crippen molar-refractivity contribution in [2.75, 3.05) is 6.54 Å². The van der Waals surface area contributed by atoms with Gasteiger partial charge >= 0.3 is 0 Å². The van der Waals surface area contributed by atoms with Crippen molar-refractivity contribution >= 4 is 11.3 Å². The third kappa shape index (κ3) is 5.03. The molecule has 2 nitrogen and oxygen atoms in total. The molecule has 0 amide bonds. The largest absolute Gasteiger partial charge is 0.393 e. The topological polar surface area (TPSA) is 32.3 Å². The van der Waals surface area contributed by atoms with Crippen molar-refractivity contribution in [2.24, 2.45) is 0 Å². The first kappa shape index (κ1) is 10.7. The van der Waals surface area contributed by atoms with Crippen molar-refractivity contribution in [2.45, 2.75) is 32.4 Å². The molecule has 0 aliphatic carbocycles. The van der Waals surface area contributed by atoms with Crippen LogP contribution in [0, 0.1) is 0 Å². The van der Waals surface area contributed by atoms with E-state index < -0.39 is 0 Å². The molecule has 1 atom stereocenters. The maximum absolute atomic E-state index is 9.01. The van der Waals surface area contributed by atoms with Gasteiger partial charge in [0.1, 0.15) is 0 Å². The van der Waals surface area contributed by atoms with Gasteiger partial charge in [-0.1, -0.05) is 0 Å². The Kier molecular flexibility index (Phi) is 5.05. The van der Waals surface area contributed by atoms with Crippen molar-refractivity contribution in [3.8, 4) is 0 Å². The molecule has 13 heavy (non-hydrogen) atoms. The molecule has 1 aromatic heterocycles. The van der Waals surface area contributed by atoms with E-state index in [0.717, 1.165) is 25.9 Å². The van der Waals surface area contributed by atoms with E-state index in [1.54, 1.807) is 11.3 Å². The monoisotopic (exact) mass is 199 g/mol. The molecule has 0 aliphatic heterocycles. The summed E-state index contributed by atoms with van der Waals surface area (Å²) in [5, 5.41) is 16.6. The predicted octanol–water partition coefficient (Wildman–Crippen LogP) is 2.00. The number of thiophene rings is 1. The maximum Gasteiger partial charge on any atom is 0.0512 e. The summed E-state index contributed by atoms with van der Waals surface area (Å²) in [7, 11) is 0. The lowest BCUT2D eigenvalue weighted by Crippen LogP contribution is -2.15. The summed E-state index contributed by atoms with van der Waals surface area (Å²) in [6.45, 7) is 3.77. The lowest BCUT2D eigenvalue weighted by atomic mass is 10.2. The van der Waals surface area contributed by atoms with Crippen LogP contribution < -0.4 is 5.32 Å². The second-order valence-electron chi connectivity index (χ2n) is 3.30. The van der Waals surface area contributed by atoms with Gasteiger partial charge in [-0.05, 0) is 48.7 Å². The normalized spacial score (nSPS) is 13.1. The minimum atomic E-state index is -0.164. The number of aliphatic hydroxyl groups is 1. The Bertz CT molecular complexity index is 209. The summed E-state index contributed by atoms with van der Waals surface area (Å²) < 4.78 is 0. The van der Waals surface area contributed by atoms with Gasteiger partial charge in [0, 0.05) is 6.54 Å². The van der Waals surface area contributed by atoms with Crippen LogP contribution in [0.2, 0.25) is 0 Å². The Hall–Kier alpha value is -0.380. The van der Waals surface area contributed by atoms with Crippen LogP contribution in [0.4, 0.5) is 0 Å². The van der Waals surface area contributed by atoms with Crippen LogP contribution in [0.5, 0.6) is 0 Å². The van der Waals surface area contributed by atoms with Gasteiger partial charge in [-0.25, -0.2) is 0 Å². The summed E-state index contributed by atoms with van der Waals surface area (Å²) in [6.07, 6.45) is 1.77. The molecule has 0 bridgehead atoms. The molecular formula is C10H17NOS. The molecule has 0 spiro atoms. The Morgan fingerprint density at radius 1 is 1.62 bits per heavy atom. The summed E-state index contributed by atoms with van der Waals surface area (Å²) in [5.41, 5.74) is 1.35. The number of aliphatic hydroxyl groups excluding tert-OH is 1. The summed E-state index contributed by atoms with van der Waals surface area (Å²) in [4.78, 5) is 0. The van der Waals surface area contributed by atoms with Gasteiger partial charge in [0.15, 0.2) is 0 Å². The smallest absolute Gasteiger partial charge is 0.0512 e. The van der Waals surface area contributed by atoms with Crippen molar-refractivity contribution in [1.82, 2.24) is 5.32 Å². The second-order valence-corrected chi connectivity index (χ2v) is 4.08. The summed E-state index contributed by atoms with van der Waals surface area (Å²) >= 11 is 1.73. The van der Waals surface area contributed by atoms with Gasteiger partial charge in [-0.15, -0.1) is 0 Å². The number of hydrogen-bond acceptors (Lipinski definition) is 3. The van der Waals surface area contributed by atoms with Crippen LogP contribution in [0.1, 0.15) is 25.3 Å². The zero-order valence-electron chi connectivity index (χ0n) is 7.99. The third-order valence-corrected chi connectivity index (χ3v) is 2.62. The van der Waals surface area contributed by atoms with Gasteiger partial charge in [-0.2, -0.15) is 11.3 Å².